The molecule has 4 nitrogen and oxygen atoms in total. The van der Waals surface area contributed by atoms with Crippen LogP contribution in [0.1, 0.15) is 26.7 Å². The molecule has 0 saturated carbocycles. The maximum absolute atomic E-state index is 11.3. The molecule has 1 aliphatic rings. The van der Waals surface area contributed by atoms with Crippen LogP contribution in [0.2, 0.25) is 0 Å². The van der Waals surface area contributed by atoms with E-state index in [0.29, 0.717) is 6.54 Å². The second-order valence-electron chi connectivity index (χ2n) is 3.76. The summed E-state index contributed by atoms with van der Waals surface area (Å²) in [7, 11) is 0. The maximum Gasteiger partial charge on any atom is 0.235 e. The molecule has 1 saturated heterocycles. The van der Waals surface area contributed by atoms with Gasteiger partial charge < -0.3 is 5.32 Å². The van der Waals surface area contributed by atoms with E-state index in [-0.39, 0.29) is 11.9 Å². The van der Waals surface area contributed by atoms with Crippen LogP contribution in [0.3, 0.4) is 0 Å². The summed E-state index contributed by atoms with van der Waals surface area (Å²) in [6, 6.07) is 0.234. The molecule has 0 aromatic rings. The summed E-state index contributed by atoms with van der Waals surface area (Å²) in [5.74, 6) is 0.101. The van der Waals surface area contributed by atoms with Gasteiger partial charge in [-0.1, -0.05) is 0 Å². The summed E-state index contributed by atoms with van der Waals surface area (Å²) in [5.41, 5.74) is 3.20. The number of hydrogen-bond acceptors (Lipinski definition) is 3. The number of nitrogens with one attached hydrogen (secondary N) is 2. The Morgan fingerprint density at radius 3 is 2.85 bits per heavy atom. The van der Waals surface area contributed by atoms with E-state index in [1.54, 1.807) is 0 Å². The van der Waals surface area contributed by atoms with E-state index in [2.05, 4.69) is 10.7 Å². The Balaban J connectivity index is 2.18. The fraction of sp³-hybridized carbons (Fsp3) is 0.889. The summed E-state index contributed by atoms with van der Waals surface area (Å²) < 4.78 is 0. The number of nitrogens with zero attached hydrogens (tertiary/aromatic N) is 1. The number of hydrogen-bond donors (Lipinski definition) is 2. The van der Waals surface area contributed by atoms with Gasteiger partial charge >= 0.3 is 0 Å². The number of carbonyl (C=O) groups is 1. The molecule has 0 spiro atoms. The fourth-order valence-electron chi connectivity index (χ4n) is 1.42. The Morgan fingerprint density at radius 1 is 1.54 bits per heavy atom. The average Bonchev–Trinajstić information content (AvgIpc) is 2.04. The number of hydrazine groups is 1. The fourth-order valence-corrected chi connectivity index (χ4v) is 1.42. The van der Waals surface area contributed by atoms with Gasteiger partial charge in [0.05, 0.1) is 6.54 Å². The van der Waals surface area contributed by atoms with E-state index in [4.69, 9.17) is 0 Å². The van der Waals surface area contributed by atoms with Crippen molar-refractivity contribution in [1.29, 1.82) is 0 Å². The zero-order valence-corrected chi connectivity index (χ0v) is 8.47. The smallest absolute Gasteiger partial charge is 0.235 e. The van der Waals surface area contributed by atoms with Crippen molar-refractivity contribution in [2.45, 2.75) is 32.7 Å². The first kappa shape index (κ1) is 10.5. The van der Waals surface area contributed by atoms with Crippen LogP contribution in [-0.2, 0) is 4.79 Å². The van der Waals surface area contributed by atoms with E-state index in [1.807, 2.05) is 18.9 Å². The van der Waals surface area contributed by atoms with Crippen LogP contribution in [0.4, 0.5) is 0 Å². The van der Waals surface area contributed by atoms with Gasteiger partial charge in [-0.2, -0.15) is 0 Å². The summed E-state index contributed by atoms with van der Waals surface area (Å²) in [6.07, 6.45) is 2.39. The van der Waals surface area contributed by atoms with Crippen LogP contribution in [0.15, 0.2) is 0 Å². The summed E-state index contributed by atoms with van der Waals surface area (Å²) in [5, 5.41) is 4.86. The molecule has 0 bridgehead atoms. The topological polar surface area (TPSA) is 44.4 Å². The third-order valence-electron chi connectivity index (χ3n) is 1.97. The van der Waals surface area contributed by atoms with Gasteiger partial charge in [0.1, 0.15) is 0 Å². The van der Waals surface area contributed by atoms with Crippen LogP contribution in [0, 0.1) is 0 Å². The lowest BCUT2D eigenvalue weighted by Gasteiger charge is -2.27. The minimum absolute atomic E-state index is 0.101. The summed E-state index contributed by atoms with van der Waals surface area (Å²) in [6.45, 7) is 6.39. The molecular formula is C9H19N3O. The maximum atomic E-state index is 11.3. The lowest BCUT2D eigenvalue weighted by Crippen LogP contribution is -2.49. The van der Waals surface area contributed by atoms with E-state index in [9.17, 15) is 4.79 Å². The van der Waals surface area contributed by atoms with Gasteiger partial charge in [0.15, 0.2) is 0 Å². The molecule has 13 heavy (non-hydrogen) atoms. The molecule has 1 heterocycles. The largest absolute Gasteiger partial charge is 0.353 e. The van der Waals surface area contributed by atoms with Crippen LogP contribution >= 0.6 is 0 Å². The second kappa shape index (κ2) is 5.19. The SMILES string of the molecule is CC(C)NC(=O)CN1CCCCN1. The molecule has 0 radical (unpaired) electrons. The molecule has 2 N–H and O–H groups in total. The number of amides is 1. The quantitative estimate of drug-likeness (QED) is 0.656. The van der Waals surface area contributed by atoms with Gasteiger partial charge in [0.25, 0.3) is 0 Å². The monoisotopic (exact) mass is 185 g/mol. The van der Waals surface area contributed by atoms with E-state index >= 15 is 0 Å². The summed E-state index contributed by atoms with van der Waals surface area (Å²) in [4.78, 5) is 11.3. The Kier molecular flexibility index (Phi) is 4.18. The zero-order valence-electron chi connectivity index (χ0n) is 8.47. The highest BCUT2D eigenvalue weighted by Gasteiger charge is 2.13. The summed E-state index contributed by atoms with van der Waals surface area (Å²) >= 11 is 0. The van der Waals surface area contributed by atoms with Gasteiger partial charge in [-0.15, -0.1) is 0 Å². The highest BCUT2D eigenvalue weighted by molar-refractivity contribution is 5.78. The van der Waals surface area contributed by atoms with Crippen molar-refractivity contribution < 1.29 is 4.79 Å². The lowest BCUT2D eigenvalue weighted by molar-refractivity contribution is -0.123. The third kappa shape index (κ3) is 4.24. The molecule has 0 atom stereocenters. The first-order chi connectivity index (χ1) is 6.18. The highest BCUT2D eigenvalue weighted by Crippen LogP contribution is 1.98. The minimum Gasteiger partial charge on any atom is -0.353 e. The Morgan fingerprint density at radius 2 is 2.31 bits per heavy atom. The van der Waals surface area contributed by atoms with Crippen molar-refractivity contribution in [3.8, 4) is 0 Å². The van der Waals surface area contributed by atoms with Crippen LogP contribution in [-0.4, -0.2) is 36.6 Å². The highest BCUT2D eigenvalue weighted by atomic mass is 16.2. The first-order valence-corrected chi connectivity index (χ1v) is 4.96. The molecule has 1 rings (SSSR count). The molecule has 0 aromatic heterocycles. The Labute approximate surface area is 79.6 Å². The Bertz CT molecular complexity index is 164. The molecule has 1 amide bonds. The molecule has 0 aliphatic carbocycles. The van der Waals surface area contributed by atoms with E-state index in [0.717, 1.165) is 13.1 Å². The standard InChI is InChI=1S/C9H19N3O/c1-8(2)11-9(13)7-12-6-4-3-5-10-12/h8,10H,3-7H2,1-2H3,(H,11,13). The average molecular weight is 185 g/mol. The number of carbonyl (C=O) groups excluding carboxylic acids is 1. The first-order valence-electron chi connectivity index (χ1n) is 4.96. The molecule has 1 fully saturated rings. The van der Waals surface area contributed by atoms with Crippen molar-refractivity contribution in [2.75, 3.05) is 19.6 Å². The minimum atomic E-state index is 0.101. The van der Waals surface area contributed by atoms with Crippen molar-refractivity contribution in [2.24, 2.45) is 0 Å². The predicted octanol–water partition coefficient (Wildman–Crippen LogP) is 0.111. The molecular weight excluding hydrogens is 166 g/mol. The van der Waals surface area contributed by atoms with E-state index in [1.165, 1.54) is 12.8 Å². The van der Waals surface area contributed by atoms with Gasteiger partial charge in [-0.3, -0.25) is 10.2 Å². The van der Waals surface area contributed by atoms with Crippen molar-refractivity contribution >= 4 is 5.91 Å². The third-order valence-corrected chi connectivity index (χ3v) is 1.97. The van der Waals surface area contributed by atoms with Gasteiger partial charge in [0, 0.05) is 19.1 Å². The van der Waals surface area contributed by atoms with Gasteiger partial charge in [-0.25, -0.2) is 5.01 Å². The van der Waals surface area contributed by atoms with Gasteiger partial charge in [0.2, 0.25) is 5.91 Å². The Hall–Kier alpha value is -0.610. The normalized spacial score (nSPS) is 19.0. The lowest BCUT2D eigenvalue weighted by atomic mass is 10.2. The molecule has 1 aliphatic heterocycles. The van der Waals surface area contributed by atoms with Crippen LogP contribution in [0.5, 0.6) is 0 Å². The van der Waals surface area contributed by atoms with Crippen molar-refractivity contribution in [1.82, 2.24) is 15.8 Å². The second-order valence-corrected chi connectivity index (χ2v) is 3.76. The molecule has 76 valence electrons. The van der Waals surface area contributed by atoms with Crippen LogP contribution < -0.4 is 10.7 Å². The number of rotatable bonds is 3. The van der Waals surface area contributed by atoms with Crippen molar-refractivity contribution in [3.05, 3.63) is 0 Å². The molecule has 0 unspecified atom stereocenters. The van der Waals surface area contributed by atoms with Gasteiger partial charge in [-0.05, 0) is 26.7 Å². The van der Waals surface area contributed by atoms with Crippen molar-refractivity contribution in [3.63, 3.8) is 0 Å². The van der Waals surface area contributed by atoms with Crippen LogP contribution in [0.25, 0.3) is 0 Å². The molecule has 0 aromatic carbocycles. The molecule has 4 heteroatoms. The van der Waals surface area contributed by atoms with E-state index < -0.39 is 0 Å². The zero-order chi connectivity index (χ0) is 9.68. The predicted molar refractivity (Wildman–Crippen MR) is 52.1 cm³/mol.